The lowest BCUT2D eigenvalue weighted by Crippen LogP contribution is -1.99. The number of esters is 1. The van der Waals surface area contributed by atoms with Crippen molar-refractivity contribution < 1.29 is 9.53 Å². The zero-order valence-electron chi connectivity index (χ0n) is 7.61. The Labute approximate surface area is 76.6 Å². The molecule has 0 aromatic carbocycles. The number of hydrogen-bond donors (Lipinski definition) is 0. The smallest absolute Gasteiger partial charge is 0.308 e. The molecule has 0 radical (unpaired) electrons. The number of nitrogens with zero attached hydrogens (tertiary/aromatic N) is 1. The zero-order valence-corrected chi connectivity index (χ0v) is 7.61. The van der Waals surface area contributed by atoms with Crippen molar-refractivity contribution in [3.63, 3.8) is 0 Å². The highest BCUT2D eigenvalue weighted by Gasteiger charge is 2.03. The minimum absolute atomic E-state index is 0.141. The standard InChI is InChI=1S/C9H11NO3/c1-4-5-7(2)9(6-10-12)13-8(3)11/h4-6H,1H2,2-3H3/b7-5-,9-6+. The van der Waals surface area contributed by atoms with Gasteiger partial charge in [0.15, 0.2) is 5.76 Å². The lowest BCUT2D eigenvalue weighted by molar-refractivity contribution is -0.136. The fraction of sp³-hybridized carbons (Fsp3) is 0.222. The van der Waals surface area contributed by atoms with Crippen LogP contribution in [0.1, 0.15) is 13.8 Å². The van der Waals surface area contributed by atoms with E-state index in [0.29, 0.717) is 5.57 Å². The van der Waals surface area contributed by atoms with Crippen LogP contribution in [0.3, 0.4) is 0 Å². The number of carbonyl (C=O) groups excluding carboxylic acids is 1. The first-order valence-corrected chi connectivity index (χ1v) is 3.62. The lowest BCUT2D eigenvalue weighted by atomic mass is 10.2. The monoisotopic (exact) mass is 181 g/mol. The largest absolute Gasteiger partial charge is 0.425 e. The second-order valence-electron chi connectivity index (χ2n) is 2.28. The summed E-state index contributed by atoms with van der Waals surface area (Å²) in [6.45, 7) is 6.40. The molecule has 4 nitrogen and oxygen atoms in total. The molecule has 70 valence electrons. The number of allylic oxidation sites excluding steroid dienone is 3. The first-order valence-electron chi connectivity index (χ1n) is 3.62. The number of carbonyl (C=O) groups is 1. The normalized spacial score (nSPS) is 12.2. The minimum atomic E-state index is -0.494. The summed E-state index contributed by atoms with van der Waals surface area (Å²) in [5.41, 5.74) is 0.616. The van der Waals surface area contributed by atoms with Gasteiger partial charge in [-0.3, -0.25) is 4.79 Å². The molecule has 0 unspecified atom stereocenters. The van der Waals surface area contributed by atoms with E-state index in [9.17, 15) is 9.70 Å². The van der Waals surface area contributed by atoms with Crippen LogP contribution in [-0.4, -0.2) is 5.97 Å². The molecule has 0 N–H and O–H groups in total. The van der Waals surface area contributed by atoms with Gasteiger partial charge in [0.2, 0.25) is 0 Å². The molecule has 0 aromatic rings. The molecular formula is C9H11NO3. The van der Waals surface area contributed by atoms with E-state index in [1.54, 1.807) is 13.0 Å². The molecule has 0 amide bonds. The van der Waals surface area contributed by atoms with Crippen LogP contribution in [0.4, 0.5) is 0 Å². The zero-order chi connectivity index (χ0) is 10.3. The summed E-state index contributed by atoms with van der Waals surface area (Å²) in [6, 6.07) is 0. The maximum atomic E-state index is 10.6. The van der Waals surface area contributed by atoms with E-state index in [0.717, 1.165) is 6.20 Å². The second kappa shape index (κ2) is 5.88. The summed E-state index contributed by atoms with van der Waals surface area (Å²) in [5.74, 6) is -0.353. The van der Waals surface area contributed by atoms with E-state index >= 15 is 0 Å². The summed E-state index contributed by atoms with van der Waals surface area (Å²) in [7, 11) is 0. The van der Waals surface area contributed by atoms with Gasteiger partial charge in [-0.15, -0.1) is 4.91 Å². The van der Waals surface area contributed by atoms with Gasteiger partial charge in [-0.05, 0) is 17.7 Å². The Hall–Kier alpha value is -1.71. The van der Waals surface area contributed by atoms with Gasteiger partial charge in [-0.1, -0.05) is 18.7 Å². The third-order valence-electron chi connectivity index (χ3n) is 1.18. The Bertz CT molecular complexity index is 277. The van der Waals surface area contributed by atoms with E-state index in [1.165, 1.54) is 13.0 Å². The van der Waals surface area contributed by atoms with Crippen molar-refractivity contribution in [2.45, 2.75) is 13.8 Å². The molecule has 0 atom stereocenters. The molecule has 0 aliphatic heterocycles. The highest BCUT2D eigenvalue weighted by atomic mass is 16.5. The van der Waals surface area contributed by atoms with E-state index in [1.807, 2.05) is 0 Å². The van der Waals surface area contributed by atoms with Crippen LogP contribution in [0.2, 0.25) is 0 Å². The van der Waals surface area contributed by atoms with E-state index in [2.05, 4.69) is 11.8 Å². The maximum absolute atomic E-state index is 10.6. The van der Waals surface area contributed by atoms with Crippen LogP contribution in [0.15, 0.2) is 41.4 Å². The van der Waals surface area contributed by atoms with Crippen LogP contribution < -0.4 is 0 Å². The average molecular weight is 181 g/mol. The number of hydrogen-bond acceptors (Lipinski definition) is 4. The van der Waals surface area contributed by atoms with Gasteiger partial charge in [-0.25, -0.2) is 0 Å². The highest BCUT2D eigenvalue weighted by molar-refractivity contribution is 5.68. The van der Waals surface area contributed by atoms with Gasteiger partial charge >= 0.3 is 5.97 Å². The van der Waals surface area contributed by atoms with Crippen molar-refractivity contribution in [2.24, 2.45) is 5.18 Å². The molecule has 0 bridgehead atoms. The minimum Gasteiger partial charge on any atom is -0.425 e. The fourth-order valence-corrected chi connectivity index (χ4v) is 0.670. The Morgan fingerprint density at radius 3 is 2.46 bits per heavy atom. The number of nitroso groups, excluding NO2 is 1. The molecule has 0 heterocycles. The van der Waals surface area contributed by atoms with E-state index in [-0.39, 0.29) is 5.76 Å². The first kappa shape index (κ1) is 11.3. The van der Waals surface area contributed by atoms with Crippen molar-refractivity contribution in [3.05, 3.63) is 41.2 Å². The maximum Gasteiger partial charge on any atom is 0.308 e. The van der Waals surface area contributed by atoms with E-state index < -0.39 is 5.97 Å². The van der Waals surface area contributed by atoms with Crippen LogP contribution in [0.5, 0.6) is 0 Å². The molecule has 0 aliphatic carbocycles. The van der Waals surface area contributed by atoms with Crippen LogP contribution in [0.25, 0.3) is 0 Å². The Balaban J connectivity index is 4.70. The topological polar surface area (TPSA) is 55.7 Å². The third kappa shape index (κ3) is 4.68. The van der Waals surface area contributed by atoms with Crippen LogP contribution in [0, 0.1) is 4.91 Å². The Morgan fingerprint density at radius 1 is 1.46 bits per heavy atom. The highest BCUT2D eigenvalue weighted by Crippen LogP contribution is 2.11. The van der Waals surface area contributed by atoms with E-state index in [4.69, 9.17) is 4.74 Å². The van der Waals surface area contributed by atoms with Gasteiger partial charge in [0, 0.05) is 6.92 Å². The average Bonchev–Trinajstić information content (AvgIpc) is 2.03. The SMILES string of the molecule is C=C/C=C(C)\C(=C/N=O)OC(C)=O. The molecule has 4 heteroatoms. The summed E-state index contributed by atoms with van der Waals surface area (Å²) < 4.78 is 4.72. The van der Waals surface area contributed by atoms with Crippen molar-refractivity contribution in [1.29, 1.82) is 0 Å². The molecule has 0 rings (SSSR count). The van der Waals surface area contributed by atoms with Crippen molar-refractivity contribution in [3.8, 4) is 0 Å². The molecule has 0 fully saturated rings. The summed E-state index contributed by atoms with van der Waals surface area (Å²) in [5, 5.41) is 2.53. The summed E-state index contributed by atoms with van der Waals surface area (Å²) >= 11 is 0. The van der Waals surface area contributed by atoms with Gasteiger partial charge < -0.3 is 4.74 Å². The van der Waals surface area contributed by atoms with Crippen molar-refractivity contribution in [2.75, 3.05) is 0 Å². The van der Waals surface area contributed by atoms with Gasteiger partial charge in [0.1, 0.15) is 6.20 Å². The number of ether oxygens (including phenoxy) is 1. The molecule has 13 heavy (non-hydrogen) atoms. The lowest BCUT2D eigenvalue weighted by Gasteiger charge is -2.04. The Morgan fingerprint density at radius 2 is 2.08 bits per heavy atom. The molecule has 0 aliphatic rings. The molecule has 0 saturated heterocycles. The number of rotatable bonds is 4. The predicted octanol–water partition coefficient (Wildman–Crippen LogP) is 2.29. The van der Waals surface area contributed by atoms with Crippen LogP contribution in [-0.2, 0) is 9.53 Å². The molecule has 0 aromatic heterocycles. The van der Waals surface area contributed by atoms with Crippen LogP contribution >= 0.6 is 0 Å². The summed E-state index contributed by atoms with van der Waals surface area (Å²) in [6.07, 6.45) is 4.08. The summed E-state index contributed by atoms with van der Waals surface area (Å²) in [4.78, 5) is 20.5. The van der Waals surface area contributed by atoms with Gasteiger partial charge in [-0.2, -0.15) is 0 Å². The molecule has 0 saturated carbocycles. The fourth-order valence-electron chi connectivity index (χ4n) is 0.670. The van der Waals surface area contributed by atoms with Crippen molar-refractivity contribution in [1.82, 2.24) is 0 Å². The second-order valence-corrected chi connectivity index (χ2v) is 2.28. The van der Waals surface area contributed by atoms with Gasteiger partial charge in [0.05, 0.1) is 0 Å². The van der Waals surface area contributed by atoms with Gasteiger partial charge in [0.25, 0.3) is 0 Å². The quantitative estimate of drug-likeness (QED) is 0.289. The predicted molar refractivity (Wildman–Crippen MR) is 49.6 cm³/mol. The molecule has 0 spiro atoms. The third-order valence-corrected chi connectivity index (χ3v) is 1.18. The first-order chi connectivity index (χ1) is 6.11. The Kier molecular flexibility index (Phi) is 5.11. The van der Waals surface area contributed by atoms with Crippen molar-refractivity contribution >= 4 is 5.97 Å². The molecular weight excluding hydrogens is 170 g/mol.